The van der Waals surface area contributed by atoms with Crippen LogP contribution in [0.5, 0.6) is 0 Å². The van der Waals surface area contributed by atoms with Crippen LogP contribution in [0.15, 0.2) is 53.4 Å². The maximum atomic E-state index is 13.3. The first kappa shape index (κ1) is 20.6. The lowest BCUT2D eigenvalue weighted by atomic mass is 10.2. The monoisotopic (exact) mass is 441 g/mol. The Labute approximate surface area is 184 Å². The number of aryl methyl sites for hydroxylation is 2. The van der Waals surface area contributed by atoms with Crippen molar-refractivity contribution in [3.63, 3.8) is 0 Å². The van der Waals surface area contributed by atoms with Gasteiger partial charge in [-0.2, -0.15) is 0 Å². The minimum atomic E-state index is -0.276. The van der Waals surface area contributed by atoms with Crippen LogP contribution in [-0.4, -0.2) is 16.0 Å². The first-order valence-electron chi connectivity index (χ1n) is 9.48. The summed E-state index contributed by atoms with van der Waals surface area (Å²) in [5.74, 6) is -0.389. The maximum absolute atomic E-state index is 13.3. The Morgan fingerprint density at radius 1 is 1.13 bits per heavy atom. The van der Waals surface area contributed by atoms with E-state index in [4.69, 9.17) is 11.6 Å². The number of nitrogens with zero attached hydrogens (tertiary/aromatic N) is 1. The molecule has 2 heterocycles. The molecule has 0 radical (unpaired) electrons. The smallest absolute Gasteiger partial charge is 0.260 e. The van der Waals surface area contributed by atoms with Crippen molar-refractivity contribution in [2.75, 3.05) is 5.32 Å². The van der Waals surface area contributed by atoms with Gasteiger partial charge in [0.05, 0.1) is 4.91 Å². The van der Waals surface area contributed by atoms with E-state index in [9.17, 15) is 9.18 Å². The second kappa shape index (κ2) is 8.20. The standard InChI is InChI=1S/C23H21ClFN3OS/c1-13-4-5-17(24)12-20(13)26-23-27-22(29)21(30-23)11-16-10-14(2)28(15(16)3)19-8-6-18(25)7-9-19/h4-12,23,26H,1-3H3,(H,27,29)/b21-11-. The molecule has 1 atom stereocenters. The van der Waals surface area contributed by atoms with Crippen molar-refractivity contribution in [1.82, 2.24) is 9.88 Å². The van der Waals surface area contributed by atoms with Gasteiger partial charge in [-0.05, 0) is 80.4 Å². The minimum absolute atomic E-state index is 0.122. The molecule has 1 aromatic heterocycles. The van der Waals surface area contributed by atoms with Crippen LogP contribution in [0.1, 0.15) is 22.5 Å². The van der Waals surface area contributed by atoms with Gasteiger partial charge in [-0.1, -0.05) is 29.4 Å². The predicted molar refractivity (Wildman–Crippen MR) is 123 cm³/mol. The molecule has 3 aromatic rings. The molecule has 2 aromatic carbocycles. The van der Waals surface area contributed by atoms with Gasteiger partial charge in [-0.15, -0.1) is 0 Å². The van der Waals surface area contributed by atoms with Crippen LogP contribution < -0.4 is 10.6 Å². The van der Waals surface area contributed by atoms with Crippen LogP contribution in [0.2, 0.25) is 5.02 Å². The quantitative estimate of drug-likeness (QED) is 0.503. The van der Waals surface area contributed by atoms with Crippen molar-refractivity contribution in [3.05, 3.63) is 86.8 Å². The van der Waals surface area contributed by atoms with Gasteiger partial charge >= 0.3 is 0 Å². The van der Waals surface area contributed by atoms with E-state index in [-0.39, 0.29) is 17.2 Å². The van der Waals surface area contributed by atoms with Crippen LogP contribution in [0, 0.1) is 26.6 Å². The number of anilines is 1. The second-order valence-electron chi connectivity index (χ2n) is 7.22. The molecule has 1 aliphatic heterocycles. The maximum Gasteiger partial charge on any atom is 0.260 e. The van der Waals surface area contributed by atoms with Crippen molar-refractivity contribution >= 4 is 41.0 Å². The van der Waals surface area contributed by atoms with Gasteiger partial charge in [-0.25, -0.2) is 4.39 Å². The normalized spacial score (nSPS) is 17.4. The summed E-state index contributed by atoms with van der Waals surface area (Å²) in [7, 11) is 0. The van der Waals surface area contributed by atoms with Crippen molar-refractivity contribution < 1.29 is 9.18 Å². The highest BCUT2D eigenvalue weighted by Gasteiger charge is 2.28. The number of amides is 1. The zero-order valence-electron chi connectivity index (χ0n) is 16.8. The van der Waals surface area contributed by atoms with Crippen molar-refractivity contribution in [2.24, 2.45) is 0 Å². The van der Waals surface area contributed by atoms with E-state index in [1.165, 1.54) is 23.9 Å². The summed E-state index contributed by atoms with van der Waals surface area (Å²) in [6, 6.07) is 14.0. The molecule has 1 fully saturated rings. The van der Waals surface area contributed by atoms with E-state index >= 15 is 0 Å². The number of carbonyl (C=O) groups is 1. The van der Waals surface area contributed by atoms with Crippen LogP contribution in [0.3, 0.4) is 0 Å². The van der Waals surface area contributed by atoms with Gasteiger partial charge in [0.25, 0.3) is 5.91 Å². The SMILES string of the molecule is Cc1ccc(Cl)cc1NC1NC(=O)/C(=C/c2cc(C)n(-c3ccc(F)cc3)c2C)S1. The molecule has 1 unspecified atom stereocenters. The van der Waals surface area contributed by atoms with E-state index in [1.54, 1.807) is 12.1 Å². The van der Waals surface area contributed by atoms with Crippen LogP contribution in [0.25, 0.3) is 11.8 Å². The van der Waals surface area contributed by atoms with E-state index in [1.807, 2.05) is 51.1 Å². The molecule has 30 heavy (non-hydrogen) atoms. The summed E-state index contributed by atoms with van der Waals surface area (Å²) in [6.45, 7) is 5.97. The molecule has 0 saturated carbocycles. The van der Waals surface area contributed by atoms with Crippen LogP contribution in [-0.2, 0) is 4.79 Å². The summed E-state index contributed by atoms with van der Waals surface area (Å²) in [6.07, 6.45) is 1.90. The second-order valence-corrected chi connectivity index (χ2v) is 8.81. The van der Waals surface area contributed by atoms with Crippen molar-refractivity contribution in [1.29, 1.82) is 0 Å². The number of rotatable bonds is 4. The van der Waals surface area contributed by atoms with Crippen LogP contribution in [0.4, 0.5) is 10.1 Å². The number of aromatic nitrogens is 1. The summed E-state index contributed by atoms with van der Waals surface area (Å²) >= 11 is 7.52. The Kier molecular flexibility index (Phi) is 5.62. The predicted octanol–water partition coefficient (Wildman–Crippen LogP) is 5.79. The number of halogens is 2. The topological polar surface area (TPSA) is 46.1 Å². The fraction of sp³-hybridized carbons (Fsp3) is 0.174. The number of thioether (sulfide) groups is 1. The first-order chi connectivity index (χ1) is 14.3. The molecular weight excluding hydrogens is 421 g/mol. The van der Waals surface area contributed by atoms with Crippen molar-refractivity contribution in [2.45, 2.75) is 26.3 Å². The van der Waals surface area contributed by atoms with Gasteiger partial charge in [0, 0.05) is 27.8 Å². The molecule has 0 bridgehead atoms. The number of benzene rings is 2. The Morgan fingerprint density at radius 3 is 2.60 bits per heavy atom. The Balaban J connectivity index is 1.58. The summed E-state index contributed by atoms with van der Waals surface area (Å²) < 4.78 is 15.3. The minimum Gasteiger partial charge on any atom is -0.356 e. The van der Waals surface area contributed by atoms with Gasteiger partial charge in [0.15, 0.2) is 5.50 Å². The molecule has 1 saturated heterocycles. The Morgan fingerprint density at radius 2 is 1.87 bits per heavy atom. The molecule has 154 valence electrons. The zero-order chi connectivity index (χ0) is 21.4. The third-order valence-electron chi connectivity index (χ3n) is 5.06. The van der Waals surface area contributed by atoms with Gasteiger partial charge in [0.2, 0.25) is 0 Å². The van der Waals surface area contributed by atoms with Crippen molar-refractivity contribution in [3.8, 4) is 5.69 Å². The lowest BCUT2D eigenvalue weighted by Crippen LogP contribution is -2.31. The van der Waals surface area contributed by atoms with Gasteiger partial charge in [-0.3, -0.25) is 4.79 Å². The summed E-state index contributed by atoms with van der Waals surface area (Å²) in [4.78, 5) is 13.2. The third kappa shape index (κ3) is 4.11. The number of hydrogen-bond donors (Lipinski definition) is 2. The summed E-state index contributed by atoms with van der Waals surface area (Å²) in [5, 5.41) is 6.91. The van der Waals surface area contributed by atoms with E-state index in [0.29, 0.717) is 9.93 Å². The molecule has 0 aliphatic carbocycles. The van der Waals surface area contributed by atoms with E-state index in [0.717, 1.165) is 33.9 Å². The average Bonchev–Trinajstić information content (AvgIpc) is 3.18. The molecule has 4 rings (SSSR count). The lowest BCUT2D eigenvalue weighted by Gasteiger charge is -2.15. The van der Waals surface area contributed by atoms with Gasteiger partial charge in [0.1, 0.15) is 5.82 Å². The van der Waals surface area contributed by atoms with Gasteiger partial charge < -0.3 is 15.2 Å². The molecule has 7 heteroatoms. The molecule has 1 amide bonds. The van der Waals surface area contributed by atoms with E-state index < -0.39 is 0 Å². The number of nitrogens with one attached hydrogen (secondary N) is 2. The largest absolute Gasteiger partial charge is 0.356 e. The molecule has 0 spiro atoms. The van der Waals surface area contributed by atoms with Crippen LogP contribution >= 0.6 is 23.4 Å². The Hall–Kier alpha value is -2.70. The third-order valence-corrected chi connectivity index (χ3v) is 6.32. The fourth-order valence-electron chi connectivity index (χ4n) is 3.52. The zero-order valence-corrected chi connectivity index (χ0v) is 18.4. The van der Waals surface area contributed by atoms with E-state index in [2.05, 4.69) is 15.2 Å². The fourth-order valence-corrected chi connectivity index (χ4v) is 4.66. The highest BCUT2D eigenvalue weighted by Crippen LogP contribution is 2.33. The molecular formula is C23H21ClFN3OS. The highest BCUT2D eigenvalue weighted by molar-refractivity contribution is 8.05. The number of hydrogen-bond acceptors (Lipinski definition) is 3. The Bertz CT molecular complexity index is 1150. The summed E-state index contributed by atoms with van der Waals surface area (Å²) in [5.41, 5.74) is 5.50. The molecule has 1 aliphatic rings. The highest BCUT2D eigenvalue weighted by atomic mass is 35.5. The number of carbonyl (C=O) groups excluding carboxylic acids is 1. The average molecular weight is 442 g/mol. The molecule has 4 nitrogen and oxygen atoms in total. The first-order valence-corrected chi connectivity index (χ1v) is 10.7. The molecule has 2 N–H and O–H groups in total. The lowest BCUT2D eigenvalue weighted by molar-refractivity contribution is -0.116.